The average molecular weight is 477 g/mol. The van der Waals surface area contributed by atoms with Crippen LogP contribution in [0.3, 0.4) is 0 Å². The molecule has 0 radical (unpaired) electrons. The van der Waals surface area contributed by atoms with E-state index in [9.17, 15) is 14.0 Å². The zero-order valence-corrected chi connectivity index (χ0v) is 19.8. The lowest BCUT2D eigenvalue weighted by atomic mass is 10.1. The van der Waals surface area contributed by atoms with Gasteiger partial charge in [-0.15, -0.1) is 0 Å². The second-order valence-corrected chi connectivity index (χ2v) is 9.17. The van der Waals surface area contributed by atoms with Crippen molar-refractivity contribution in [2.24, 2.45) is 0 Å². The second-order valence-electron chi connectivity index (χ2n) is 8.00. The van der Waals surface area contributed by atoms with Gasteiger partial charge in [0.15, 0.2) is 10.8 Å². The minimum absolute atomic E-state index is 0.128. The van der Waals surface area contributed by atoms with Crippen LogP contribution in [0.15, 0.2) is 76.8 Å². The molecule has 0 aliphatic heterocycles. The number of aromatic nitrogens is 3. The van der Waals surface area contributed by atoms with Gasteiger partial charge in [-0.2, -0.15) is 0 Å². The van der Waals surface area contributed by atoms with Gasteiger partial charge < -0.3 is 5.32 Å². The minimum Gasteiger partial charge on any atom is -0.351 e. The zero-order valence-electron chi connectivity index (χ0n) is 19.0. The number of nitrogens with one attached hydrogen (secondary N) is 1. The second kappa shape index (κ2) is 10.6. The van der Waals surface area contributed by atoms with Crippen LogP contribution in [0.1, 0.15) is 30.0 Å². The number of thioether (sulfide) groups is 1. The molecule has 174 valence electrons. The lowest BCUT2D eigenvalue weighted by Crippen LogP contribution is -2.33. The summed E-state index contributed by atoms with van der Waals surface area (Å²) in [4.78, 5) is 35.1. The summed E-state index contributed by atoms with van der Waals surface area (Å²) in [5.41, 5.74) is 3.01. The molecule has 1 unspecified atom stereocenters. The summed E-state index contributed by atoms with van der Waals surface area (Å²) in [6.45, 7) is 4.57. The number of hydrogen-bond donors (Lipinski definition) is 1. The molecular formula is C26H25FN4O2S. The molecule has 2 aromatic carbocycles. The predicted octanol–water partition coefficient (Wildman–Crippen LogP) is 4.47. The van der Waals surface area contributed by atoms with Crippen molar-refractivity contribution in [2.75, 3.05) is 0 Å². The molecule has 1 N–H and O–H groups in total. The number of pyridine rings is 1. The maximum atomic E-state index is 13.4. The number of carbonyl (C=O) groups excluding carboxylic acids is 1. The lowest BCUT2D eigenvalue weighted by molar-refractivity contribution is -0.120. The molecule has 0 aliphatic rings. The molecule has 2 aromatic heterocycles. The van der Waals surface area contributed by atoms with Crippen molar-refractivity contribution in [3.8, 4) is 0 Å². The van der Waals surface area contributed by atoms with Crippen molar-refractivity contribution in [2.45, 2.75) is 43.8 Å². The number of benzene rings is 2. The number of amides is 1. The van der Waals surface area contributed by atoms with Crippen molar-refractivity contribution >= 4 is 28.7 Å². The summed E-state index contributed by atoms with van der Waals surface area (Å²) in [7, 11) is 0. The first-order valence-electron chi connectivity index (χ1n) is 11.0. The quantitative estimate of drug-likeness (QED) is 0.300. The Kier molecular flexibility index (Phi) is 7.37. The minimum atomic E-state index is -0.446. The summed E-state index contributed by atoms with van der Waals surface area (Å²) in [6, 6.07) is 17.3. The first-order chi connectivity index (χ1) is 16.4. The van der Waals surface area contributed by atoms with Crippen molar-refractivity contribution in [1.82, 2.24) is 19.9 Å². The van der Waals surface area contributed by atoms with E-state index in [1.807, 2.05) is 38.1 Å². The highest BCUT2D eigenvalue weighted by molar-refractivity contribution is 8.00. The van der Waals surface area contributed by atoms with Gasteiger partial charge in [-0.25, -0.2) is 14.4 Å². The maximum absolute atomic E-state index is 13.4. The van der Waals surface area contributed by atoms with Crippen LogP contribution in [0.5, 0.6) is 0 Å². The molecule has 0 aliphatic carbocycles. The standard InChI is InChI=1S/C26H25FN4O2S/c1-3-22(24(32)29-15-18-8-6-17(2)7-9-18)34-26-30-23-21(5-4-14-28-23)25(33)31(26)16-19-10-12-20(27)13-11-19/h4-14,22H,3,15-16H2,1-2H3,(H,29,32). The summed E-state index contributed by atoms with van der Waals surface area (Å²) in [5.74, 6) is -0.473. The molecule has 4 aromatic rings. The third-order valence-electron chi connectivity index (χ3n) is 5.45. The number of nitrogens with zero attached hydrogens (tertiary/aromatic N) is 3. The molecular weight excluding hydrogens is 451 g/mol. The van der Waals surface area contributed by atoms with E-state index in [1.165, 1.54) is 28.5 Å². The fraction of sp³-hybridized carbons (Fsp3) is 0.231. The zero-order chi connectivity index (χ0) is 24.1. The molecule has 8 heteroatoms. The van der Waals surface area contributed by atoms with Crippen LogP contribution in [0, 0.1) is 12.7 Å². The van der Waals surface area contributed by atoms with E-state index in [4.69, 9.17) is 0 Å². The Labute approximate surface area is 201 Å². The van der Waals surface area contributed by atoms with Gasteiger partial charge in [-0.3, -0.25) is 14.2 Å². The highest BCUT2D eigenvalue weighted by atomic mass is 32.2. The highest BCUT2D eigenvalue weighted by Crippen LogP contribution is 2.25. The van der Waals surface area contributed by atoms with Gasteiger partial charge in [0.05, 0.1) is 17.2 Å². The SMILES string of the molecule is CCC(Sc1nc2ncccc2c(=O)n1Cc1ccc(F)cc1)C(=O)NCc1ccc(C)cc1. The smallest absolute Gasteiger partial charge is 0.263 e. The molecule has 0 spiro atoms. The van der Waals surface area contributed by atoms with Crippen molar-refractivity contribution in [3.05, 3.63) is 99.7 Å². The molecule has 0 bridgehead atoms. The van der Waals surface area contributed by atoms with Crippen molar-refractivity contribution in [3.63, 3.8) is 0 Å². The molecule has 0 saturated heterocycles. The molecule has 1 amide bonds. The van der Waals surface area contributed by atoms with Gasteiger partial charge in [-0.1, -0.05) is 60.6 Å². The topological polar surface area (TPSA) is 76.9 Å². The van der Waals surface area contributed by atoms with Crippen molar-refractivity contribution < 1.29 is 9.18 Å². The van der Waals surface area contributed by atoms with Crippen LogP contribution >= 0.6 is 11.8 Å². The van der Waals surface area contributed by atoms with Gasteiger partial charge in [0, 0.05) is 12.7 Å². The van der Waals surface area contributed by atoms with Gasteiger partial charge in [0.1, 0.15) is 5.82 Å². The molecule has 4 rings (SSSR count). The van der Waals surface area contributed by atoms with Crippen LogP contribution < -0.4 is 10.9 Å². The average Bonchev–Trinajstić information content (AvgIpc) is 2.85. The van der Waals surface area contributed by atoms with Crippen LogP contribution in [-0.4, -0.2) is 25.7 Å². The summed E-state index contributed by atoms with van der Waals surface area (Å²) >= 11 is 1.24. The van der Waals surface area contributed by atoms with Gasteiger partial charge in [-0.05, 0) is 48.7 Å². The Morgan fingerprint density at radius 3 is 2.50 bits per heavy atom. The molecule has 0 fully saturated rings. The van der Waals surface area contributed by atoms with Crippen LogP contribution in [0.4, 0.5) is 4.39 Å². The highest BCUT2D eigenvalue weighted by Gasteiger charge is 2.22. The van der Waals surface area contributed by atoms with Gasteiger partial charge >= 0.3 is 0 Å². The molecule has 6 nitrogen and oxygen atoms in total. The normalized spacial score (nSPS) is 12.0. The van der Waals surface area contributed by atoms with Gasteiger partial charge in [0.25, 0.3) is 5.56 Å². The van der Waals surface area contributed by atoms with E-state index in [0.29, 0.717) is 29.2 Å². The van der Waals surface area contributed by atoms with E-state index in [-0.39, 0.29) is 23.8 Å². The third-order valence-corrected chi connectivity index (χ3v) is 6.80. The van der Waals surface area contributed by atoms with E-state index in [0.717, 1.165) is 16.7 Å². The molecule has 34 heavy (non-hydrogen) atoms. The Morgan fingerprint density at radius 1 is 1.09 bits per heavy atom. The Morgan fingerprint density at radius 2 is 1.79 bits per heavy atom. The first-order valence-corrected chi connectivity index (χ1v) is 11.9. The fourth-order valence-electron chi connectivity index (χ4n) is 3.50. The van der Waals surface area contributed by atoms with Crippen molar-refractivity contribution in [1.29, 1.82) is 0 Å². The summed E-state index contributed by atoms with van der Waals surface area (Å²) in [5, 5.41) is 3.33. The van der Waals surface area contributed by atoms with E-state index in [1.54, 1.807) is 30.5 Å². The molecule has 0 saturated carbocycles. The number of halogens is 1. The number of carbonyl (C=O) groups is 1. The fourth-order valence-corrected chi connectivity index (χ4v) is 4.52. The monoisotopic (exact) mass is 476 g/mol. The summed E-state index contributed by atoms with van der Waals surface area (Å²) < 4.78 is 14.9. The first kappa shape index (κ1) is 23.6. The van der Waals surface area contributed by atoms with E-state index < -0.39 is 5.25 Å². The van der Waals surface area contributed by atoms with E-state index in [2.05, 4.69) is 15.3 Å². The molecule has 2 heterocycles. The molecule has 1 atom stereocenters. The Hall–Kier alpha value is -3.52. The predicted molar refractivity (Wildman–Crippen MR) is 132 cm³/mol. The lowest BCUT2D eigenvalue weighted by Gasteiger charge is -2.18. The van der Waals surface area contributed by atoms with Crippen LogP contribution in [-0.2, 0) is 17.9 Å². The van der Waals surface area contributed by atoms with Gasteiger partial charge in [0.2, 0.25) is 5.91 Å². The maximum Gasteiger partial charge on any atom is 0.263 e. The Balaban J connectivity index is 1.61. The van der Waals surface area contributed by atoms with Crippen LogP contribution in [0.25, 0.3) is 11.0 Å². The summed E-state index contributed by atoms with van der Waals surface area (Å²) in [6.07, 6.45) is 2.14. The van der Waals surface area contributed by atoms with E-state index >= 15 is 0 Å². The Bertz CT molecular complexity index is 1350. The number of rotatable bonds is 8. The largest absolute Gasteiger partial charge is 0.351 e. The number of hydrogen-bond acceptors (Lipinski definition) is 5. The van der Waals surface area contributed by atoms with Crippen LogP contribution in [0.2, 0.25) is 0 Å². The third kappa shape index (κ3) is 5.51. The number of fused-ring (bicyclic) bond motifs is 1. The number of aryl methyl sites for hydroxylation is 1.